The van der Waals surface area contributed by atoms with Crippen LogP contribution in [0.1, 0.15) is 58.3 Å². The molecule has 4 heteroatoms. The number of allylic oxidation sites excluding steroid dienone is 1. The van der Waals surface area contributed by atoms with E-state index in [1.807, 2.05) is 12.3 Å². The zero-order chi connectivity index (χ0) is 19.1. The molecule has 0 spiro atoms. The Labute approximate surface area is 167 Å². The first kappa shape index (κ1) is 17.4. The van der Waals surface area contributed by atoms with Crippen molar-refractivity contribution in [2.45, 2.75) is 70.4 Å². The van der Waals surface area contributed by atoms with Crippen molar-refractivity contribution in [1.29, 1.82) is 0 Å². The molecule has 0 bridgehead atoms. The predicted molar refractivity (Wildman–Crippen MR) is 106 cm³/mol. The molecular weight excluding hydrogens is 348 g/mol. The Morgan fingerprint density at radius 2 is 2.14 bits per heavy atom. The molecule has 1 N–H and O–H groups in total. The van der Waals surface area contributed by atoms with Crippen molar-refractivity contribution in [3.63, 3.8) is 0 Å². The molecule has 0 aromatic carbocycles. The standard InChI is InChI=1S/C24H32N2O2/c1-23-9-7-15-16-8-10-24(28)13-21(24)18(16)4-3-17(15)19(23)5-6-20(23)22(27)14-26-12-2-11-25-26/h2,4,11-12,15-17,19-21,28H,3,5-10,13-14H2,1H3/t15-,16-,17-,19+,20-,21?,23+,24+/m1/s1. The van der Waals surface area contributed by atoms with Gasteiger partial charge in [0.2, 0.25) is 0 Å². The van der Waals surface area contributed by atoms with Crippen LogP contribution in [0.4, 0.5) is 0 Å². The molecule has 0 saturated heterocycles. The average Bonchev–Trinajstić information content (AvgIpc) is 3.00. The minimum absolute atomic E-state index is 0.172. The topological polar surface area (TPSA) is 55.1 Å². The molecule has 1 unspecified atom stereocenters. The number of Topliss-reactive ketones (excluding diaryl/α,β-unsaturated/α-hetero) is 1. The molecule has 4 fully saturated rings. The normalized spacial score (nSPS) is 48.7. The molecular formula is C24H32N2O2. The molecule has 5 aliphatic rings. The molecule has 0 aliphatic heterocycles. The van der Waals surface area contributed by atoms with E-state index in [1.54, 1.807) is 16.5 Å². The van der Waals surface area contributed by atoms with Gasteiger partial charge in [0, 0.05) is 24.2 Å². The minimum Gasteiger partial charge on any atom is -0.389 e. The van der Waals surface area contributed by atoms with E-state index in [9.17, 15) is 9.90 Å². The zero-order valence-corrected chi connectivity index (χ0v) is 16.9. The van der Waals surface area contributed by atoms with Crippen LogP contribution in [0.15, 0.2) is 30.1 Å². The summed E-state index contributed by atoms with van der Waals surface area (Å²) in [6.45, 7) is 2.85. The highest BCUT2D eigenvalue weighted by Gasteiger charge is 2.63. The van der Waals surface area contributed by atoms with Gasteiger partial charge in [0.1, 0.15) is 0 Å². The van der Waals surface area contributed by atoms with E-state index in [4.69, 9.17) is 0 Å². The Morgan fingerprint density at radius 3 is 2.96 bits per heavy atom. The second-order valence-corrected chi connectivity index (χ2v) is 10.7. The summed E-state index contributed by atoms with van der Waals surface area (Å²) in [6.07, 6.45) is 15.3. The van der Waals surface area contributed by atoms with Crippen LogP contribution in [0.5, 0.6) is 0 Å². The lowest BCUT2D eigenvalue weighted by atomic mass is 9.51. The maximum Gasteiger partial charge on any atom is 0.157 e. The highest BCUT2D eigenvalue weighted by atomic mass is 16.3. The SMILES string of the molecule is C[C@]12CC[C@H]3[C@@H](CC=C4C5C[C@@]5(O)CC[C@@H]43)[C@@H]1CC[C@@H]2C(=O)Cn1cccn1. The number of ketones is 1. The van der Waals surface area contributed by atoms with Crippen LogP contribution in [0.3, 0.4) is 0 Å². The average molecular weight is 381 g/mol. The largest absolute Gasteiger partial charge is 0.389 e. The van der Waals surface area contributed by atoms with Crippen LogP contribution in [0.25, 0.3) is 0 Å². The van der Waals surface area contributed by atoms with Crippen LogP contribution in [0.2, 0.25) is 0 Å². The van der Waals surface area contributed by atoms with Gasteiger partial charge in [-0.2, -0.15) is 5.10 Å². The smallest absolute Gasteiger partial charge is 0.157 e. The molecule has 1 heterocycles. The summed E-state index contributed by atoms with van der Waals surface area (Å²) >= 11 is 0. The van der Waals surface area contributed by atoms with Crippen molar-refractivity contribution in [2.24, 2.45) is 40.9 Å². The van der Waals surface area contributed by atoms with Crippen molar-refractivity contribution in [1.82, 2.24) is 9.78 Å². The number of hydrogen-bond acceptors (Lipinski definition) is 3. The van der Waals surface area contributed by atoms with Crippen molar-refractivity contribution in [3.05, 3.63) is 30.1 Å². The maximum absolute atomic E-state index is 13.1. The molecule has 5 aliphatic carbocycles. The van der Waals surface area contributed by atoms with Crippen LogP contribution in [0, 0.1) is 40.9 Å². The first-order chi connectivity index (χ1) is 13.5. The molecule has 1 aromatic heterocycles. The Morgan fingerprint density at radius 1 is 1.25 bits per heavy atom. The molecule has 1 aromatic rings. The van der Waals surface area contributed by atoms with Crippen LogP contribution in [-0.4, -0.2) is 26.3 Å². The van der Waals surface area contributed by atoms with Crippen LogP contribution < -0.4 is 0 Å². The summed E-state index contributed by atoms with van der Waals surface area (Å²) in [5.41, 5.74) is 1.45. The van der Waals surface area contributed by atoms with Gasteiger partial charge in [0.25, 0.3) is 0 Å². The molecule has 150 valence electrons. The third-order valence-electron chi connectivity index (χ3n) is 9.67. The lowest BCUT2D eigenvalue weighted by Gasteiger charge is -2.53. The molecule has 0 amide bonds. The van der Waals surface area contributed by atoms with E-state index < -0.39 is 0 Å². The molecule has 28 heavy (non-hydrogen) atoms. The fourth-order valence-electron chi connectivity index (χ4n) is 8.20. The summed E-state index contributed by atoms with van der Waals surface area (Å²) in [4.78, 5) is 13.1. The van der Waals surface area contributed by atoms with Gasteiger partial charge < -0.3 is 5.11 Å². The first-order valence-corrected chi connectivity index (χ1v) is 11.4. The quantitative estimate of drug-likeness (QED) is 0.807. The fraction of sp³-hybridized carbons (Fsp3) is 0.750. The van der Waals surface area contributed by atoms with E-state index in [-0.39, 0.29) is 16.9 Å². The number of rotatable bonds is 3. The summed E-state index contributed by atoms with van der Waals surface area (Å²) in [5.74, 6) is 4.02. The van der Waals surface area contributed by atoms with Gasteiger partial charge in [-0.3, -0.25) is 9.48 Å². The van der Waals surface area contributed by atoms with Gasteiger partial charge in [-0.1, -0.05) is 18.6 Å². The number of hydrogen-bond donors (Lipinski definition) is 1. The third kappa shape index (κ3) is 2.33. The second kappa shape index (κ2) is 5.81. The Bertz CT molecular complexity index is 830. The Hall–Kier alpha value is -1.42. The van der Waals surface area contributed by atoms with E-state index in [0.29, 0.717) is 24.2 Å². The maximum atomic E-state index is 13.1. The molecule has 4 nitrogen and oxygen atoms in total. The van der Waals surface area contributed by atoms with Crippen molar-refractivity contribution < 1.29 is 9.90 Å². The number of carbonyl (C=O) groups is 1. The van der Waals surface area contributed by atoms with Crippen molar-refractivity contribution in [3.8, 4) is 0 Å². The molecule has 4 saturated carbocycles. The Kier molecular flexibility index (Phi) is 3.62. The van der Waals surface area contributed by atoms with E-state index in [2.05, 4.69) is 18.1 Å². The van der Waals surface area contributed by atoms with Crippen molar-refractivity contribution in [2.75, 3.05) is 0 Å². The van der Waals surface area contributed by atoms with Crippen LogP contribution >= 0.6 is 0 Å². The second-order valence-electron chi connectivity index (χ2n) is 10.7. The minimum atomic E-state index is -0.338. The van der Waals surface area contributed by atoms with Gasteiger partial charge in [-0.15, -0.1) is 0 Å². The number of carbonyl (C=O) groups excluding carboxylic acids is 1. The Balaban J connectivity index is 1.24. The van der Waals surface area contributed by atoms with E-state index in [1.165, 1.54) is 32.1 Å². The molecule has 0 radical (unpaired) electrons. The van der Waals surface area contributed by atoms with Gasteiger partial charge >= 0.3 is 0 Å². The number of nitrogens with zero attached hydrogens (tertiary/aromatic N) is 2. The summed E-state index contributed by atoms with van der Waals surface area (Å²) in [5, 5.41) is 14.8. The number of aliphatic hydroxyl groups is 1. The van der Waals surface area contributed by atoms with Crippen molar-refractivity contribution >= 4 is 5.78 Å². The van der Waals surface area contributed by atoms with E-state index >= 15 is 0 Å². The van der Waals surface area contributed by atoms with Gasteiger partial charge in [0.05, 0.1) is 12.1 Å². The number of aromatic nitrogens is 2. The van der Waals surface area contributed by atoms with Gasteiger partial charge in [-0.05, 0) is 86.5 Å². The fourth-order valence-corrected chi connectivity index (χ4v) is 8.20. The highest BCUT2D eigenvalue weighted by Crippen LogP contribution is 2.67. The lowest BCUT2D eigenvalue weighted by Crippen LogP contribution is -2.47. The monoisotopic (exact) mass is 380 g/mol. The molecule has 8 atom stereocenters. The number of fused-ring (bicyclic) bond motifs is 7. The zero-order valence-electron chi connectivity index (χ0n) is 16.9. The lowest BCUT2D eigenvalue weighted by molar-refractivity contribution is -0.129. The van der Waals surface area contributed by atoms with E-state index in [0.717, 1.165) is 37.0 Å². The van der Waals surface area contributed by atoms with Gasteiger partial charge in [0.15, 0.2) is 5.78 Å². The highest BCUT2D eigenvalue weighted by molar-refractivity contribution is 5.82. The third-order valence-corrected chi connectivity index (χ3v) is 9.67. The van der Waals surface area contributed by atoms with Crippen LogP contribution in [-0.2, 0) is 11.3 Å². The first-order valence-electron chi connectivity index (χ1n) is 11.4. The summed E-state index contributed by atoms with van der Waals surface area (Å²) in [7, 11) is 0. The molecule has 6 rings (SSSR count). The van der Waals surface area contributed by atoms with Gasteiger partial charge in [-0.25, -0.2) is 0 Å². The summed E-state index contributed by atoms with van der Waals surface area (Å²) in [6, 6.07) is 1.90. The summed E-state index contributed by atoms with van der Waals surface area (Å²) < 4.78 is 1.79. The predicted octanol–water partition coefficient (Wildman–Crippen LogP) is 4.00.